The SMILES string of the molecule is [2H]CCC(OC)(OC)C([2H])(OC)OC. The largest absolute Gasteiger partial charge is 0.351 e. The molecule has 0 aromatic heterocycles. The Balaban J connectivity index is 4.92. The maximum absolute atomic E-state index is 7.85. The summed E-state index contributed by atoms with van der Waals surface area (Å²) < 4.78 is 35.0. The van der Waals surface area contributed by atoms with Gasteiger partial charge in [0, 0.05) is 36.2 Å². The first-order valence-corrected chi connectivity index (χ1v) is 3.55. The zero-order chi connectivity index (χ0) is 11.2. The number of hydrogen-bond acceptors (Lipinski definition) is 4. The van der Waals surface area contributed by atoms with E-state index in [1.807, 2.05) is 0 Å². The lowest BCUT2D eigenvalue weighted by Crippen LogP contribution is -2.47. The molecule has 0 atom stereocenters. The van der Waals surface area contributed by atoms with Gasteiger partial charge in [-0.15, -0.1) is 0 Å². The average molecular weight is 180 g/mol. The molecule has 0 spiro atoms. The summed E-state index contributed by atoms with van der Waals surface area (Å²) in [6.45, 7) is 0.0506. The highest BCUT2D eigenvalue weighted by Gasteiger charge is 2.38. The zero-order valence-corrected chi connectivity index (χ0v) is 8.05. The lowest BCUT2D eigenvalue weighted by Gasteiger charge is -2.35. The van der Waals surface area contributed by atoms with Gasteiger partial charge in [-0.2, -0.15) is 0 Å². The van der Waals surface area contributed by atoms with Crippen molar-refractivity contribution in [3.8, 4) is 0 Å². The van der Waals surface area contributed by atoms with Gasteiger partial charge in [-0.05, 0) is 0 Å². The van der Waals surface area contributed by atoms with Crippen LogP contribution in [0.4, 0.5) is 0 Å². The van der Waals surface area contributed by atoms with Gasteiger partial charge >= 0.3 is 0 Å². The molecule has 0 aliphatic heterocycles. The van der Waals surface area contributed by atoms with Crippen LogP contribution in [0, 0.1) is 0 Å². The van der Waals surface area contributed by atoms with Crippen molar-refractivity contribution in [2.75, 3.05) is 28.4 Å². The van der Waals surface area contributed by atoms with Crippen molar-refractivity contribution in [3.63, 3.8) is 0 Å². The van der Waals surface area contributed by atoms with Crippen LogP contribution < -0.4 is 0 Å². The van der Waals surface area contributed by atoms with Crippen LogP contribution in [0.1, 0.15) is 16.1 Å². The molecule has 0 rings (SSSR count). The summed E-state index contributed by atoms with van der Waals surface area (Å²) in [5.41, 5.74) is 0. The topological polar surface area (TPSA) is 36.9 Å². The van der Waals surface area contributed by atoms with Crippen molar-refractivity contribution in [2.24, 2.45) is 0 Å². The van der Waals surface area contributed by atoms with Crippen molar-refractivity contribution < 1.29 is 21.7 Å². The van der Waals surface area contributed by atoms with Crippen LogP contribution in [0.2, 0.25) is 0 Å². The van der Waals surface area contributed by atoms with Crippen molar-refractivity contribution in [3.05, 3.63) is 0 Å². The third kappa shape index (κ3) is 2.17. The fraction of sp³-hybridized carbons (Fsp3) is 1.00. The molecule has 4 nitrogen and oxygen atoms in total. The summed E-state index contributed by atoms with van der Waals surface area (Å²) >= 11 is 0. The van der Waals surface area contributed by atoms with Gasteiger partial charge in [-0.25, -0.2) is 0 Å². The Morgan fingerprint density at radius 2 is 1.75 bits per heavy atom. The number of methoxy groups -OCH3 is 4. The van der Waals surface area contributed by atoms with E-state index in [2.05, 4.69) is 0 Å². The first kappa shape index (κ1) is 8.44. The number of hydrogen-bond donors (Lipinski definition) is 0. The minimum Gasteiger partial charge on any atom is -0.351 e. The van der Waals surface area contributed by atoms with Crippen LogP contribution in [-0.2, 0) is 18.9 Å². The van der Waals surface area contributed by atoms with Gasteiger partial charge in [0.05, 0.1) is 1.37 Å². The smallest absolute Gasteiger partial charge is 0.219 e. The van der Waals surface area contributed by atoms with Crippen LogP contribution in [0.5, 0.6) is 0 Å². The monoisotopic (exact) mass is 180 g/mol. The second-order valence-corrected chi connectivity index (χ2v) is 2.11. The lowest BCUT2D eigenvalue weighted by molar-refractivity contribution is -0.327. The fourth-order valence-corrected chi connectivity index (χ4v) is 0.951. The van der Waals surface area contributed by atoms with E-state index >= 15 is 0 Å². The van der Waals surface area contributed by atoms with Crippen LogP contribution in [-0.4, -0.2) is 40.5 Å². The molecule has 0 bridgehead atoms. The van der Waals surface area contributed by atoms with E-state index in [1.54, 1.807) is 0 Å². The highest BCUT2D eigenvalue weighted by Crippen LogP contribution is 2.23. The van der Waals surface area contributed by atoms with Gasteiger partial charge in [0.1, 0.15) is 0 Å². The van der Waals surface area contributed by atoms with E-state index in [9.17, 15) is 0 Å². The molecule has 0 unspecified atom stereocenters. The molecule has 0 saturated carbocycles. The molecule has 74 valence electrons. The lowest BCUT2D eigenvalue weighted by atomic mass is 10.2. The maximum atomic E-state index is 7.85. The Morgan fingerprint density at radius 3 is 2.00 bits per heavy atom. The normalized spacial score (nSPS) is 15.7. The molecular formula is C8H18O4. The molecular weight excluding hydrogens is 160 g/mol. The highest BCUT2D eigenvalue weighted by atomic mass is 16.8. The van der Waals surface area contributed by atoms with Gasteiger partial charge in [-0.1, -0.05) is 6.90 Å². The van der Waals surface area contributed by atoms with E-state index in [-0.39, 0.29) is 13.3 Å². The van der Waals surface area contributed by atoms with Gasteiger partial charge in [-0.3, -0.25) is 0 Å². The first-order valence-electron chi connectivity index (χ1n) is 4.76. The summed E-state index contributed by atoms with van der Waals surface area (Å²) in [5, 5.41) is 0. The average Bonchev–Trinajstić information content (AvgIpc) is 2.24. The third-order valence-electron chi connectivity index (χ3n) is 1.67. The van der Waals surface area contributed by atoms with E-state index < -0.39 is 12.1 Å². The minimum atomic E-state index is -1.77. The van der Waals surface area contributed by atoms with Crippen LogP contribution in [0.25, 0.3) is 0 Å². The molecule has 0 heterocycles. The molecule has 0 aromatic rings. The summed E-state index contributed by atoms with van der Waals surface area (Å²) in [6, 6.07) is 0. The Labute approximate surface area is 76.6 Å². The Bertz CT molecular complexity index is 157. The van der Waals surface area contributed by atoms with Crippen LogP contribution in [0.15, 0.2) is 0 Å². The summed E-state index contributed by atoms with van der Waals surface area (Å²) in [4.78, 5) is 0. The maximum Gasteiger partial charge on any atom is 0.219 e. The van der Waals surface area contributed by atoms with Gasteiger partial charge in [0.15, 0.2) is 0 Å². The molecule has 0 aromatic carbocycles. The van der Waals surface area contributed by atoms with Crippen molar-refractivity contribution >= 4 is 0 Å². The summed E-state index contributed by atoms with van der Waals surface area (Å²) in [7, 11) is 5.43. The quantitative estimate of drug-likeness (QED) is 0.571. The predicted molar refractivity (Wildman–Crippen MR) is 44.8 cm³/mol. The molecule has 0 fully saturated rings. The van der Waals surface area contributed by atoms with E-state index in [4.69, 9.17) is 21.7 Å². The molecule has 0 aliphatic rings. The fourth-order valence-electron chi connectivity index (χ4n) is 0.951. The van der Waals surface area contributed by atoms with Gasteiger partial charge in [0.2, 0.25) is 12.1 Å². The summed E-state index contributed by atoms with van der Waals surface area (Å²) in [5.74, 6) is -1.38. The van der Waals surface area contributed by atoms with Crippen molar-refractivity contribution in [1.29, 1.82) is 0 Å². The molecule has 4 heteroatoms. The second-order valence-electron chi connectivity index (χ2n) is 2.11. The van der Waals surface area contributed by atoms with Crippen molar-refractivity contribution in [2.45, 2.75) is 25.4 Å². The van der Waals surface area contributed by atoms with E-state index in [0.717, 1.165) is 0 Å². The standard InChI is InChI=1S/C8H18O4/c1-6-8(11-4,12-5)7(9-2)10-3/h7H,6H2,1-5H3/i1D,7D. The molecule has 0 aliphatic carbocycles. The van der Waals surface area contributed by atoms with Crippen LogP contribution in [0.3, 0.4) is 0 Å². The number of rotatable bonds is 6. The Kier molecular flexibility index (Phi) is 3.85. The first-order chi connectivity index (χ1) is 6.55. The minimum absolute atomic E-state index is 0.0506. The molecule has 0 N–H and O–H groups in total. The van der Waals surface area contributed by atoms with E-state index in [1.165, 1.54) is 28.4 Å². The summed E-state index contributed by atoms with van der Waals surface area (Å²) in [6.07, 6.45) is -1.58. The Hall–Kier alpha value is -0.160. The second kappa shape index (κ2) is 5.48. The molecule has 0 radical (unpaired) electrons. The molecule has 12 heavy (non-hydrogen) atoms. The highest BCUT2D eigenvalue weighted by molar-refractivity contribution is 4.71. The Morgan fingerprint density at radius 1 is 1.25 bits per heavy atom. The number of ether oxygens (including phenoxy) is 4. The van der Waals surface area contributed by atoms with Gasteiger partial charge in [0.25, 0.3) is 0 Å². The molecule has 0 amide bonds. The predicted octanol–water partition coefficient (Wildman–Crippen LogP) is 1.00. The van der Waals surface area contributed by atoms with Crippen LogP contribution >= 0.6 is 0 Å². The molecule has 0 saturated heterocycles. The van der Waals surface area contributed by atoms with Gasteiger partial charge < -0.3 is 18.9 Å². The van der Waals surface area contributed by atoms with E-state index in [0.29, 0.717) is 0 Å². The third-order valence-corrected chi connectivity index (χ3v) is 1.67. The zero-order valence-electron chi connectivity index (χ0n) is 10.0. The van der Waals surface area contributed by atoms with Crippen molar-refractivity contribution in [1.82, 2.24) is 0 Å².